The minimum Gasteiger partial charge on any atom is -0.321 e. The van der Waals surface area contributed by atoms with E-state index in [-0.39, 0.29) is 5.91 Å². The van der Waals surface area contributed by atoms with E-state index < -0.39 is 0 Å². The molecule has 2 nitrogen and oxygen atoms in total. The van der Waals surface area contributed by atoms with Gasteiger partial charge in [-0.15, -0.1) is 0 Å². The van der Waals surface area contributed by atoms with E-state index in [4.69, 9.17) is 0 Å². The zero-order valence-electron chi connectivity index (χ0n) is 13.6. The van der Waals surface area contributed by atoms with Crippen LogP contribution in [0.4, 0.5) is 5.69 Å². The summed E-state index contributed by atoms with van der Waals surface area (Å²) in [5, 5.41) is 5.16. The molecule has 1 N–H and O–H groups in total. The van der Waals surface area contributed by atoms with E-state index in [0.717, 1.165) is 27.6 Å². The normalized spacial score (nSPS) is 10.6. The van der Waals surface area contributed by atoms with Gasteiger partial charge in [-0.25, -0.2) is 0 Å². The van der Waals surface area contributed by atoms with E-state index in [1.54, 1.807) is 0 Å². The van der Waals surface area contributed by atoms with Gasteiger partial charge in [-0.05, 0) is 40.8 Å². The second-order valence-corrected chi connectivity index (χ2v) is 5.85. The number of carbonyl (C=O) groups is 1. The molecule has 0 aliphatic heterocycles. The van der Waals surface area contributed by atoms with Crippen molar-refractivity contribution in [2.75, 3.05) is 5.32 Å². The number of rotatable bonds is 3. The third-order valence-electron chi connectivity index (χ3n) is 4.24. The predicted molar refractivity (Wildman–Crippen MR) is 103 cm³/mol. The number of fused-ring (bicyclic) bond motifs is 1. The Balaban J connectivity index is 1.59. The maximum Gasteiger partial charge on any atom is 0.255 e. The number of hydrogen-bond acceptors (Lipinski definition) is 1. The Morgan fingerprint density at radius 2 is 1.40 bits per heavy atom. The number of carbonyl (C=O) groups excluding carboxylic acids is 1. The van der Waals surface area contributed by atoms with Crippen molar-refractivity contribution in [3.05, 3.63) is 103 Å². The molecule has 25 heavy (non-hydrogen) atoms. The van der Waals surface area contributed by atoms with Crippen LogP contribution in [0.3, 0.4) is 0 Å². The summed E-state index contributed by atoms with van der Waals surface area (Å²) in [7, 11) is 0. The van der Waals surface area contributed by atoms with Crippen molar-refractivity contribution in [2.24, 2.45) is 0 Å². The Bertz CT molecular complexity index is 1020. The average molecular weight is 322 g/mol. The molecule has 0 aromatic heterocycles. The summed E-state index contributed by atoms with van der Waals surface area (Å²) in [6.07, 6.45) is 0. The monoisotopic (exact) mass is 322 g/mol. The fourth-order valence-electron chi connectivity index (χ4n) is 2.92. The lowest BCUT2D eigenvalue weighted by Crippen LogP contribution is -2.11. The summed E-state index contributed by atoms with van der Waals surface area (Å²) in [5.74, 6) is -0.107. The Hall–Kier alpha value is -3.39. The van der Waals surface area contributed by atoms with Crippen molar-refractivity contribution < 1.29 is 4.79 Å². The summed E-state index contributed by atoms with van der Waals surface area (Å²) in [5.41, 5.74) is 3.65. The molecule has 4 aromatic rings. The van der Waals surface area contributed by atoms with Gasteiger partial charge in [0.25, 0.3) is 5.91 Å². The first-order valence-corrected chi connectivity index (χ1v) is 8.17. The molecule has 0 aliphatic carbocycles. The maximum absolute atomic E-state index is 12.6. The molecule has 4 aromatic carbocycles. The van der Waals surface area contributed by atoms with Gasteiger partial charge in [0.1, 0.15) is 0 Å². The number of nitrogens with one attached hydrogen (secondary N) is 1. The highest BCUT2D eigenvalue weighted by Gasteiger charge is 2.08. The molecule has 0 aliphatic rings. The lowest BCUT2D eigenvalue weighted by atomic mass is 10.0. The van der Waals surface area contributed by atoms with Crippen LogP contribution >= 0.6 is 0 Å². The average Bonchev–Trinajstić information content (AvgIpc) is 2.69. The number of hydrogen-bond donors (Lipinski definition) is 1. The lowest BCUT2D eigenvalue weighted by Gasteiger charge is -2.09. The molecule has 119 valence electrons. The molecular weight excluding hydrogens is 306 g/mol. The molecule has 1 radical (unpaired) electrons. The van der Waals surface area contributed by atoms with Gasteiger partial charge >= 0.3 is 0 Å². The van der Waals surface area contributed by atoms with Crippen molar-refractivity contribution in [2.45, 2.75) is 0 Å². The summed E-state index contributed by atoms with van der Waals surface area (Å²) in [6, 6.07) is 32.4. The Morgan fingerprint density at radius 1 is 0.720 bits per heavy atom. The standard InChI is InChI=1S/C23H16NO/c25-23(24-22-12-6-10-19-9-4-5-11-21(19)22)20-15-13-18(14-16-20)17-7-2-1-3-8-17/h2-16H,(H,24,25). The largest absolute Gasteiger partial charge is 0.321 e. The highest BCUT2D eigenvalue weighted by Crippen LogP contribution is 2.24. The third kappa shape index (κ3) is 3.15. The third-order valence-corrected chi connectivity index (χ3v) is 4.24. The van der Waals surface area contributed by atoms with Gasteiger partial charge in [-0.3, -0.25) is 4.79 Å². The van der Waals surface area contributed by atoms with Crippen LogP contribution in [0.2, 0.25) is 0 Å². The van der Waals surface area contributed by atoms with E-state index >= 15 is 0 Å². The van der Waals surface area contributed by atoms with Crippen molar-refractivity contribution >= 4 is 22.4 Å². The number of benzene rings is 4. The van der Waals surface area contributed by atoms with Crippen LogP contribution in [0.15, 0.2) is 91.0 Å². The van der Waals surface area contributed by atoms with Crippen molar-refractivity contribution in [1.29, 1.82) is 0 Å². The van der Waals surface area contributed by atoms with Gasteiger partial charge in [0, 0.05) is 16.6 Å². The predicted octanol–water partition coefficient (Wildman–Crippen LogP) is 5.56. The highest BCUT2D eigenvalue weighted by atomic mass is 16.1. The molecule has 0 saturated carbocycles. The Labute approximate surface area is 146 Å². The van der Waals surface area contributed by atoms with Crippen LogP contribution in [0.25, 0.3) is 21.9 Å². The smallest absolute Gasteiger partial charge is 0.255 e. The molecule has 0 heterocycles. The van der Waals surface area contributed by atoms with E-state index in [1.165, 1.54) is 0 Å². The molecule has 0 saturated heterocycles. The fourth-order valence-corrected chi connectivity index (χ4v) is 2.92. The van der Waals surface area contributed by atoms with Crippen LogP contribution in [0, 0.1) is 6.07 Å². The minimum atomic E-state index is -0.107. The Morgan fingerprint density at radius 3 is 2.20 bits per heavy atom. The van der Waals surface area contributed by atoms with Crippen LogP contribution in [-0.4, -0.2) is 5.91 Å². The molecular formula is C23H16NO. The van der Waals surface area contributed by atoms with Crippen molar-refractivity contribution in [3.8, 4) is 11.1 Å². The molecule has 0 unspecified atom stereocenters. The summed E-state index contributed by atoms with van der Waals surface area (Å²) < 4.78 is 0. The molecule has 1 amide bonds. The van der Waals surface area contributed by atoms with Gasteiger partial charge in [-0.2, -0.15) is 0 Å². The highest BCUT2D eigenvalue weighted by molar-refractivity contribution is 6.09. The first kappa shape index (κ1) is 15.2. The lowest BCUT2D eigenvalue weighted by molar-refractivity contribution is 0.102. The fraction of sp³-hybridized carbons (Fsp3) is 0. The SMILES string of the molecule is O=C(Nc1cccc2ccccc12)c1ccc(-c2cc[c]cc2)cc1. The topological polar surface area (TPSA) is 29.1 Å². The van der Waals surface area contributed by atoms with Crippen molar-refractivity contribution in [3.63, 3.8) is 0 Å². The molecule has 2 heteroatoms. The van der Waals surface area contributed by atoms with Gasteiger partial charge in [0.2, 0.25) is 0 Å². The van der Waals surface area contributed by atoms with Crippen molar-refractivity contribution in [1.82, 2.24) is 0 Å². The van der Waals surface area contributed by atoms with Crippen LogP contribution in [-0.2, 0) is 0 Å². The minimum absolute atomic E-state index is 0.107. The summed E-state index contributed by atoms with van der Waals surface area (Å²) in [6.45, 7) is 0. The van der Waals surface area contributed by atoms with Gasteiger partial charge in [0.15, 0.2) is 0 Å². The maximum atomic E-state index is 12.6. The quantitative estimate of drug-likeness (QED) is 0.526. The van der Waals surface area contributed by atoms with E-state index in [1.807, 2.05) is 91.0 Å². The van der Waals surface area contributed by atoms with Crippen LogP contribution in [0.5, 0.6) is 0 Å². The van der Waals surface area contributed by atoms with Gasteiger partial charge in [-0.1, -0.05) is 72.8 Å². The van der Waals surface area contributed by atoms with Gasteiger partial charge < -0.3 is 5.32 Å². The summed E-state index contributed by atoms with van der Waals surface area (Å²) in [4.78, 5) is 12.6. The van der Waals surface area contributed by atoms with E-state index in [9.17, 15) is 4.79 Å². The first-order valence-electron chi connectivity index (χ1n) is 8.17. The first-order chi connectivity index (χ1) is 12.3. The second kappa shape index (κ2) is 6.62. The van der Waals surface area contributed by atoms with E-state index in [0.29, 0.717) is 5.56 Å². The molecule has 0 bridgehead atoms. The molecule has 4 rings (SSSR count). The molecule has 0 spiro atoms. The number of anilines is 1. The number of amides is 1. The van der Waals surface area contributed by atoms with Crippen LogP contribution in [0.1, 0.15) is 10.4 Å². The van der Waals surface area contributed by atoms with Crippen LogP contribution < -0.4 is 5.32 Å². The van der Waals surface area contributed by atoms with E-state index in [2.05, 4.69) is 11.4 Å². The second-order valence-electron chi connectivity index (χ2n) is 5.85. The zero-order valence-corrected chi connectivity index (χ0v) is 13.6. The Kier molecular flexibility index (Phi) is 4.01. The summed E-state index contributed by atoms with van der Waals surface area (Å²) >= 11 is 0. The molecule has 0 fully saturated rings. The molecule has 0 atom stereocenters. The van der Waals surface area contributed by atoms with Gasteiger partial charge in [0.05, 0.1) is 0 Å². The zero-order chi connectivity index (χ0) is 17.1.